The monoisotopic (exact) mass is 291 g/mol. The smallest absolute Gasteiger partial charge is 0.411 e. The Balaban J connectivity index is 0. The van der Waals surface area contributed by atoms with Crippen molar-refractivity contribution in [2.24, 2.45) is 0 Å². The van der Waals surface area contributed by atoms with Gasteiger partial charge in [-0.2, -0.15) is 5.26 Å². The summed E-state index contributed by atoms with van der Waals surface area (Å²) in [5, 5.41) is 19.2. The van der Waals surface area contributed by atoms with E-state index < -0.39 is 6.09 Å². The Morgan fingerprint density at radius 3 is 2.19 bits per heavy atom. The molecule has 1 aromatic rings. The van der Waals surface area contributed by atoms with Crippen molar-refractivity contribution < 1.29 is 9.53 Å². The molecule has 0 bridgehead atoms. The average molecular weight is 291 g/mol. The number of amides is 1. The molecule has 0 aliphatic rings. The van der Waals surface area contributed by atoms with E-state index in [1.54, 1.807) is 19.1 Å². The summed E-state index contributed by atoms with van der Waals surface area (Å²) in [7, 11) is 1.26. The summed E-state index contributed by atoms with van der Waals surface area (Å²) in [5.74, 6) is 0. The van der Waals surface area contributed by atoms with Crippen molar-refractivity contribution in [1.29, 1.82) is 10.7 Å². The van der Waals surface area contributed by atoms with Gasteiger partial charge in [-0.15, -0.1) is 0 Å². The zero-order valence-corrected chi connectivity index (χ0v) is 13.9. The molecule has 0 atom stereocenters. The lowest BCUT2D eigenvalue weighted by Crippen LogP contribution is -2.14. The molecule has 2 N–H and O–H groups in total. The highest BCUT2D eigenvalue weighted by Gasteiger charge is 2.13. The van der Waals surface area contributed by atoms with Gasteiger partial charge in [-0.05, 0) is 31.5 Å². The fourth-order valence-corrected chi connectivity index (χ4v) is 1.54. The number of benzene rings is 1. The molecule has 1 aromatic carbocycles. The molecule has 0 saturated heterocycles. The third-order valence-corrected chi connectivity index (χ3v) is 2.20. The van der Waals surface area contributed by atoms with Crippen LogP contribution in [0.5, 0.6) is 0 Å². The number of rotatable bonds is 2. The lowest BCUT2D eigenvalue weighted by atomic mass is 9.99. The van der Waals surface area contributed by atoms with Crippen LogP contribution in [-0.2, 0) is 4.74 Å². The Morgan fingerprint density at radius 1 is 1.29 bits per heavy atom. The number of methoxy groups -OCH3 is 1. The number of hydrogen-bond acceptors (Lipinski definition) is 4. The molecule has 0 saturated carbocycles. The summed E-state index contributed by atoms with van der Waals surface area (Å²) in [5.41, 5.74) is 2.25. The zero-order valence-electron chi connectivity index (χ0n) is 13.9. The summed E-state index contributed by atoms with van der Waals surface area (Å²) in [6, 6.07) is 5.39. The minimum absolute atomic E-state index is 0.216. The zero-order chi connectivity index (χ0) is 17.0. The summed E-state index contributed by atoms with van der Waals surface area (Å²) in [6.45, 7) is 11.4. The predicted octanol–water partition coefficient (Wildman–Crippen LogP) is 4.49. The molecular formula is C16H25N3O2. The number of carbonyl (C=O) groups is 1. The molecule has 116 valence electrons. The van der Waals surface area contributed by atoms with Gasteiger partial charge in [0.05, 0.1) is 24.4 Å². The van der Waals surface area contributed by atoms with E-state index in [2.05, 4.69) is 10.1 Å². The number of hydrogen-bond donors (Lipinski definition) is 2. The van der Waals surface area contributed by atoms with Gasteiger partial charge in [0.15, 0.2) is 0 Å². The Bertz CT molecular complexity index is 517. The van der Waals surface area contributed by atoms with E-state index in [0.717, 1.165) is 5.56 Å². The molecule has 1 rings (SSSR count). The lowest BCUT2D eigenvalue weighted by molar-refractivity contribution is 0.187. The van der Waals surface area contributed by atoms with Gasteiger partial charge in [-0.3, -0.25) is 5.32 Å². The van der Waals surface area contributed by atoms with Crippen LogP contribution >= 0.6 is 0 Å². The van der Waals surface area contributed by atoms with Crippen LogP contribution in [0.3, 0.4) is 0 Å². The molecule has 1 amide bonds. The van der Waals surface area contributed by atoms with Crippen LogP contribution in [0.15, 0.2) is 12.1 Å². The molecule has 5 heteroatoms. The maximum absolute atomic E-state index is 11.2. The second-order valence-electron chi connectivity index (χ2n) is 3.59. The standard InChI is InChI=1S/C12H13N3O2.2C2H6/c1-7-4-9(6-13)11(8(2)14)10(5-7)15-12(16)17-3;2*1-2/h4-5,14H,1-3H3,(H,15,16);2*1-2H3. The summed E-state index contributed by atoms with van der Waals surface area (Å²) >= 11 is 0. The minimum atomic E-state index is -0.623. The van der Waals surface area contributed by atoms with Crippen molar-refractivity contribution in [3.05, 3.63) is 28.8 Å². The summed E-state index contributed by atoms with van der Waals surface area (Å²) in [4.78, 5) is 11.2. The van der Waals surface area contributed by atoms with Crippen molar-refractivity contribution in [3.8, 4) is 6.07 Å². The minimum Gasteiger partial charge on any atom is -0.453 e. The van der Waals surface area contributed by atoms with E-state index in [4.69, 9.17) is 10.7 Å². The van der Waals surface area contributed by atoms with Crippen molar-refractivity contribution in [2.45, 2.75) is 41.5 Å². The Morgan fingerprint density at radius 2 is 1.81 bits per heavy atom. The normalized spacial score (nSPS) is 8.10. The van der Waals surface area contributed by atoms with E-state index in [9.17, 15) is 4.79 Å². The first kappa shape index (κ1) is 21.0. The van der Waals surface area contributed by atoms with Crippen molar-refractivity contribution >= 4 is 17.5 Å². The topological polar surface area (TPSA) is 86.0 Å². The van der Waals surface area contributed by atoms with Crippen molar-refractivity contribution in [1.82, 2.24) is 0 Å². The molecule has 5 nitrogen and oxygen atoms in total. The van der Waals surface area contributed by atoms with Crippen molar-refractivity contribution in [2.75, 3.05) is 12.4 Å². The maximum atomic E-state index is 11.2. The fraction of sp³-hybridized carbons (Fsp3) is 0.438. The molecule has 0 fully saturated rings. The van der Waals surface area contributed by atoms with Gasteiger partial charge in [-0.1, -0.05) is 27.7 Å². The van der Waals surface area contributed by atoms with E-state index in [1.165, 1.54) is 7.11 Å². The number of aryl methyl sites for hydroxylation is 1. The number of ether oxygens (including phenoxy) is 1. The second kappa shape index (κ2) is 11.5. The van der Waals surface area contributed by atoms with Crippen LogP contribution in [0.2, 0.25) is 0 Å². The van der Waals surface area contributed by atoms with E-state index in [-0.39, 0.29) is 5.71 Å². The van der Waals surface area contributed by atoms with Crippen LogP contribution in [-0.4, -0.2) is 18.9 Å². The van der Waals surface area contributed by atoms with Crippen LogP contribution in [0, 0.1) is 23.7 Å². The van der Waals surface area contributed by atoms with Crippen molar-refractivity contribution in [3.63, 3.8) is 0 Å². The first-order chi connectivity index (χ1) is 9.99. The third kappa shape index (κ3) is 6.57. The highest BCUT2D eigenvalue weighted by atomic mass is 16.5. The van der Waals surface area contributed by atoms with E-state index >= 15 is 0 Å². The Labute approximate surface area is 127 Å². The van der Waals surface area contributed by atoms with Gasteiger partial charge < -0.3 is 10.1 Å². The summed E-state index contributed by atoms with van der Waals surface area (Å²) in [6.07, 6.45) is -0.623. The highest BCUT2D eigenvalue weighted by Crippen LogP contribution is 2.23. The second-order valence-corrected chi connectivity index (χ2v) is 3.59. The van der Waals surface area contributed by atoms with Crippen LogP contribution < -0.4 is 5.32 Å². The number of nitriles is 1. The molecule has 0 heterocycles. The quantitative estimate of drug-likeness (QED) is 0.787. The highest BCUT2D eigenvalue weighted by molar-refractivity contribution is 6.06. The molecule has 0 spiro atoms. The largest absolute Gasteiger partial charge is 0.453 e. The van der Waals surface area contributed by atoms with Gasteiger partial charge in [-0.25, -0.2) is 4.79 Å². The van der Waals surface area contributed by atoms with Crippen LogP contribution in [0.25, 0.3) is 0 Å². The average Bonchev–Trinajstić information content (AvgIpc) is 2.49. The number of carbonyl (C=O) groups excluding carboxylic acids is 1. The van der Waals surface area contributed by atoms with E-state index in [1.807, 2.05) is 40.7 Å². The van der Waals surface area contributed by atoms with Gasteiger partial charge in [0.2, 0.25) is 0 Å². The number of nitrogens with one attached hydrogen (secondary N) is 2. The number of nitrogens with zero attached hydrogens (tertiary/aromatic N) is 1. The third-order valence-electron chi connectivity index (χ3n) is 2.20. The van der Waals surface area contributed by atoms with Gasteiger partial charge in [0, 0.05) is 11.3 Å². The predicted molar refractivity (Wildman–Crippen MR) is 87.1 cm³/mol. The summed E-state index contributed by atoms with van der Waals surface area (Å²) < 4.78 is 4.50. The molecular weight excluding hydrogens is 266 g/mol. The fourth-order valence-electron chi connectivity index (χ4n) is 1.54. The Hall–Kier alpha value is -2.35. The first-order valence-electron chi connectivity index (χ1n) is 6.94. The molecule has 0 unspecified atom stereocenters. The molecule has 21 heavy (non-hydrogen) atoms. The van der Waals surface area contributed by atoms with Gasteiger partial charge >= 0.3 is 6.09 Å². The van der Waals surface area contributed by atoms with E-state index in [0.29, 0.717) is 16.8 Å². The lowest BCUT2D eigenvalue weighted by Gasteiger charge is -2.12. The molecule has 0 aliphatic heterocycles. The van der Waals surface area contributed by atoms with Crippen LogP contribution in [0.4, 0.5) is 10.5 Å². The molecule has 0 radical (unpaired) electrons. The maximum Gasteiger partial charge on any atom is 0.411 e. The van der Waals surface area contributed by atoms with Gasteiger partial charge in [0.25, 0.3) is 0 Å². The first-order valence-corrected chi connectivity index (χ1v) is 6.94. The molecule has 0 aromatic heterocycles. The SMILES string of the molecule is CC.CC.COC(=O)Nc1cc(C)cc(C#N)c1C(C)=N. The number of anilines is 1. The van der Waals surface area contributed by atoms with Crippen LogP contribution in [0.1, 0.15) is 51.3 Å². The molecule has 0 aliphatic carbocycles. The van der Waals surface area contributed by atoms with Gasteiger partial charge in [0.1, 0.15) is 0 Å². The Kier molecular flexibility index (Phi) is 11.5.